The highest BCUT2D eigenvalue weighted by atomic mass is 16.3. The summed E-state index contributed by atoms with van der Waals surface area (Å²) in [5.41, 5.74) is 21.2. The molecule has 2 atom stereocenters. The van der Waals surface area contributed by atoms with Crippen LogP contribution in [0.4, 0.5) is 0 Å². The van der Waals surface area contributed by atoms with Gasteiger partial charge in [0.05, 0.1) is 17.2 Å². The van der Waals surface area contributed by atoms with E-state index in [2.05, 4.69) is 172 Å². The third kappa shape index (κ3) is 5.92. The van der Waals surface area contributed by atoms with Gasteiger partial charge >= 0.3 is 0 Å². The van der Waals surface area contributed by atoms with Gasteiger partial charge in [0.2, 0.25) is 17.1 Å². The molecule has 0 N–H and O–H groups in total. The second-order valence-corrected chi connectivity index (χ2v) is 17.3. The number of pyridine rings is 3. The summed E-state index contributed by atoms with van der Waals surface area (Å²) in [6.45, 7) is 18.4. The average Bonchev–Trinajstić information content (AvgIpc) is 3.59. The number of allylic oxidation sites excluding steroid dienone is 1. The number of nitrogens with zero attached hydrogens (tertiary/aromatic N) is 3. The van der Waals surface area contributed by atoms with E-state index in [0.717, 1.165) is 70.3 Å². The number of hydrogen-bond donors (Lipinski definition) is 0. The van der Waals surface area contributed by atoms with Gasteiger partial charge in [-0.15, -0.1) is 0 Å². The van der Waals surface area contributed by atoms with Gasteiger partial charge in [0.25, 0.3) is 0 Å². The molecule has 2 unspecified atom stereocenters. The largest absolute Gasteiger partial charge is 0.437 e. The molecular formula is C54H51N3O+2. The number of aryl methyl sites for hydroxylation is 4. The first-order valence-corrected chi connectivity index (χ1v) is 21.0. The van der Waals surface area contributed by atoms with Crippen molar-refractivity contribution in [3.05, 3.63) is 167 Å². The van der Waals surface area contributed by atoms with Crippen LogP contribution in [-0.4, -0.2) is 4.98 Å². The Kier molecular flexibility index (Phi) is 8.78. The smallest absolute Gasteiger partial charge is 0.227 e. The Morgan fingerprint density at radius 1 is 0.759 bits per heavy atom. The van der Waals surface area contributed by atoms with Crippen LogP contribution in [0.5, 0.6) is 0 Å². The van der Waals surface area contributed by atoms with Crippen molar-refractivity contribution in [3.8, 4) is 44.9 Å². The molecule has 2 aliphatic heterocycles. The maximum Gasteiger partial charge on any atom is 0.227 e. The maximum absolute atomic E-state index is 7.07. The normalized spacial score (nSPS) is 16.2. The van der Waals surface area contributed by atoms with Gasteiger partial charge in [-0.05, 0) is 116 Å². The summed E-state index contributed by atoms with van der Waals surface area (Å²) >= 11 is 0. The van der Waals surface area contributed by atoms with Crippen LogP contribution >= 0.6 is 0 Å². The van der Waals surface area contributed by atoms with Crippen LogP contribution in [-0.2, 0) is 12.8 Å². The molecule has 0 aliphatic carbocycles. The van der Waals surface area contributed by atoms with Crippen molar-refractivity contribution >= 4 is 27.8 Å². The molecule has 8 aromatic rings. The van der Waals surface area contributed by atoms with Crippen LogP contribution in [0.1, 0.15) is 77.6 Å². The SMILES string of the molecule is C=C1CC2c3ccccc3-c3ccc(C)c[n+]3C2CCc2ccc3c(oc4nc(-c5c(C)ccc(-c6ccccc6)c5C)ccc43)c2-c2cc(C)c(CC(C)C)c[n+]21. The Labute approximate surface area is 342 Å². The second-order valence-electron chi connectivity index (χ2n) is 17.3. The van der Waals surface area contributed by atoms with Crippen molar-refractivity contribution in [2.75, 3.05) is 0 Å². The standard InChI is InChI=1S/C54H51N3O/c1-32(2)27-40-31-56-36(6)29-46-42-15-11-12-16-43(42)48-25-17-33(3)30-57(48)49(46)26-20-39-19-22-44-45-23-24-47(55-54(45)58-53(44)52(39)50(56)28-35(40)5)51-34(4)18-21-41(37(51)7)38-13-9-8-10-14-38/h8-19,21-25,28,30-32,46,49H,6,20,26-27,29H2,1-5,7H3/q+2. The van der Waals surface area contributed by atoms with Gasteiger partial charge in [-0.2, -0.15) is 9.13 Å². The summed E-state index contributed by atoms with van der Waals surface area (Å²) in [5, 5.41) is 2.13. The lowest BCUT2D eigenvalue weighted by Gasteiger charge is -2.31. The first kappa shape index (κ1) is 36.2. The van der Waals surface area contributed by atoms with Gasteiger partial charge in [-0.1, -0.05) is 86.6 Å². The second kappa shape index (κ2) is 14.1. The van der Waals surface area contributed by atoms with Crippen LogP contribution in [0.15, 0.2) is 133 Å². The van der Waals surface area contributed by atoms with E-state index in [4.69, 9.17) is 16.0 Å². The molecule has 2 aliphatic rings. The Bertz CT molecular complexity index is 2950. The van der Waals surface area contributed by atoms with Crippen molar-refractivity contribution in [1.29, 1.82) is 0 Å². The van der Waals surface area contributed by atoms with Crippen LogP contribution in [0.2, 0.25) is 0 Å². The molecule has 10 rings (SSSR count). The minimum atomic E-state index is 0.269. The van der Waals surface area contributed by atoms with Gasteiger partial charge in [0.15, 0.2) is 29.7 Å². The molecular weight excluding hydrogens is 707 g/mol. The third-order valence-electron chi connectivity index (χ3n) is 13.0. The zero-order valence-electron chi connectivity index (χ0n) is 34.6. The molecule has 0 saturated heterocycles. The average molecular weight is 758 g/mol. The summed E-state index contributed by atoms with van der Waals surface area (Å²) in [4.78, 5) is 5.31. The predicted octanol–water partition coefficient (Wildman–Crippen LogP) is 12.8. The molecule has 6 heterocycles. The zero-order chi connectivity index (χ0) is 39.8. The molecule has 0 spiro atoms. The monoisotopic (exact) mass is 757 g/mol. The molecule has 286 valence electrons. The van der Waals surface area contributed by atoms with Crippen molar-refractivity contribution in [2.45, 2.75) is 79.2 Å². The van der Waals surface area contributed by atoms with Crippen LogP contribution in [0.3, 0.4) is 0 Å². The lowest BCUT2D eigenvalue weighted by Crippen LogP contribution is -2.49. The number of fused-ring (bicyclic) bond motifs is 13. The number of rotatable bonds is 4. The Morgan fingerprint density at radius 3 is 2.38 bits per heavy atom. The molecule has 0 saturated carbocycles. The molecule has 4 aromatic heterocycles. The van der Waals surface area contributed by atoms with Gasteiger partial charge < -0.3 is 4.42 Å². The minimum absolute atomic E-state index is 0.269. The summed E-state index contributed by atoms with van der Waals surface area (Å²) in [6.07, 6.45) is 8.52. The number of furan rings is 1. The number of aromatic nitrogens is 3. The van der Waals surface area contributed by atoms with E-state index in [-0.39, 0.29) is 12.0 Å². The fourth-order valence-electron chi connectivity index (χ4n) is 10.2. The summed E-state index contributed by atoms with van der Waals surface area (Å²) in [6, 6.07) is 40.4. The first-order valence-electron chi connectivity index (χ1n) is 21.0. The van der Waals surface area contributed by atoms with Crippen LogP contribution in [0.25, 0.3) is 72.7 Å². The van der Waals surface area contributed by atoms with Gasteiger partial charge in [0, 0.05) is 58.0 Å². The van der Waals surface area contributed by atoms with Gasteiger partial charge in [-0.3, -0.25) is 0 Å². The predicted molar refractivity (Wildman–Crippen MR) is 238 cm³/mol. The van der Waals surface area contributed by atoms with E-state index < -0.39 is 0 Å². The van der Waals surface area contributed by atoms with E-state index in [1.807, 2.05) is 0 Å². The quantitative estimate of drug-likeness (QED) is 0.168. The molecule has 0 bridgehead atoms. The topological polar surface area (TPSA) is 33.8 Å². The number of benzene rings is 4. The zero-order valence-corrected chi connectivity index (χ0v) is 34.6. The van der Waals surface area contributed by atoms with E-state index >= 15 is 0 Å². The lowest BCUT2D eigenvalue weighted by molar-refractivity contribution is -0.719. The molecule has 0 fully saturated rings. The van der Waals surface area contributed by atoms with Crippen molar-refractivity contribution in [1.82, 2.24) is 4.98 Å². The maximum atomic E-state index is 7.07. The lowest BCUT2D eigenvalue weighted by atomic mass is 9.77. The molecule has 4 aromatic carbocycles. The first-order chi connectivity index (χ1) is 28.1. The summed E-state index contributed by atoms with van der Waals surface area (Å²) in [5.74, 6) is 0.816. The molecule has 58 heavy (non-hydrogen) atoms. The van der Waals surface area contributed by atoms with E-state index in [0.29, 0.717) is 11.6 Å². The molecule has 4 heteroatoms. The van der Waals surface area contributed by atoms with Crippen LogP contribution in [0, 0.1) is 33.6 Å². The Balaban J connectivity index is 1.18. The van der Waals surface area contributed by atoms with E-state index in [9.17, 15) is 0 Å². The van der Waals surface area contributed by atoms with E-state index in [1.165, 1.54) is 61.3 Å². The summed E-state index contributed by atoms with van der Waals surface area (Å²) in [7, 11) is 0. The van der Waals surface area contributed by atoms with Gasteiger partial charge in [-0.25, -0.2) is 4.98 Å². The fraction of sp³-hybridized carbons (Fsp3) is 0.241. The highest BCUT2D eigenvalue weighted by molar-refractivity contribution is 6.09. The molecule has 0 amide bonds. The Morgan fingerprint density at radius 2 is 1.55 bits per heavy atom. The summed E-state index contributed by atoms with van der Waals surface area (Å²) < 4.78 is 12.1. The Hall–Kier alpha value is -6.13. The van der Waals surface area contributed by atoms with Crippen LogP contribution < -0.4 is 9.13 Å². The fourth-order valence-corrected chi connectivity index (χ4v) is 10.2. The van der Waals surface area contributed by atoms with Gasteiger partial charge in [0.1, 0.15) is 0 Å². The molecule has 4 nitrogen and oxygen atoms in total. The minimum Gasteiger partial charge on any atom is -0.437 e. The van der Waals surface area contributed by atoms with Crippen molar-refractivity contribution in [3.63, 3.8) is 0 Å². The van der Waals surface area contributed by atoms with Crippen molar-refractivity contribution in [2.24, 2.45) is 5.92 Å². The molecule has 0 radical (unpaired) electrons. The van der Waals surface area contributed by atoms with Crippen molar-refractivity contribution < 1.29 is 13.6 Å². The number of hydrogen-bond acceptors (Lipinski definition) is 2. The highest BCUT2D eigenvalue weighted by Crippen LogP contribution is 2.46. The highest BCUT2D eigenvalue weighted by Gasteiger charge is 2.42. The third-order valence-corrected chi connectivity index (χ3v) is 13.0. The van der Waals surface area contributed by atoms with E-state index in [1.54, 1.807) is 0 Å².